The average molecular weight is 291 g/mol. The lowest BCUT2D eigenvalue weighted by Crippen LogP contribution is -2.48. The van der Waals surface area contributed by atoms with Crippen LogP contribution in [0.4, 0.5) is 5.69 Å². The zero-order valence-electron chi connectivity index (χ0n) is 13.1. The molecule has 5 heteroatoms. The fraction of sp³-hybridized carbons (Fsp3) is 0.625. The minimum Gasteiger partial charge on any atom is -0.388 e. The van der Waals surface area contributed by atoms with Gasteiger partial charge in [0.05, 0.1) is 5.60 Å². The van der Waals surface area contributed by atoms with Gasteiger partial charge in [0.25, 0.3) is 5.91 Å². The molecule has 5 nitrogen and oxygen atoms in total. The number of pyridine rings is 1. The highest BCUT2D eigenvalue weighted by atomic mass is 16.5. The summed E-state index contributed by atoms with van der Waals surface area (Å²) in [4.78, 5) is 16.5. The van der Waals surface area contributed by atoms with Gasteiger partial charge >= 0.3 is 0 Å². The number of aromatic nitrogens is 1. The third kappa shape index (κ3) is 3.73. The molecule has 0 radical (unpaired) electrons. The van der Waals surface area contributed by atoms with Crippen LogP contribution in [0, 0.1) is 0 Å². The van der Waals surface area contributed by atoms with Gasteiger partial charge in [-0.05, 0) is 37.8 Å². The van der Waals surface area contributed by atoms with Crippen molar-refractivity contribution < 1.29 is 9.53 Å². The van der Waals surface area contributed by atoms with Crippen LogP contribution in [-0.2, 0) is 4.74 Å². The topological polar surface area (TPSA) is 63.2 Å². The predicted octanol–water partition coefficient (Wildman–Crippen LogP) is 2.59. The monoisotopic (exact) mass is 291 g/mol. The average Bonchev–Trinajstić information content (AvgIpc) is 2.55. The van der Waals surface area contributed by atoms with Gasteiger partial charge in [-0.25, -0.2) is 0 Å². The van der Waals surface area contributed by atoms with E-state index in [0.717, 1.165) is 31.4 Å². The second-order valence-electron chi connectivity index (χ2n) is 5.58. The lowest BCUT2D eigenvalue weighted by Gasteiger charge is -2.40. The maximum Gasteiger partial charge on any atom is 0.270 e. The summed E-state index contributed by atoms with van der Waals surface area (Å²) in [5.74, 6) is -0.111. The fourth-order valence-corrected chi connectivity index (χ4v) is 2.86. The van der Waals surface area contributed by atoms with E-state index in [1.165, 1.54) is 0 Å². The molecule has 0 bridgehead atoms. The quantitative estimate of drug-likeness (QED) is 0.875. The van der Waals surface area contributed by atoms with Crippen molar-refractivity contribution in [1.29, 1.82) is 0 Å². The van der Waals surface area contributed by atoms with Gasteiger partial charge < -0.3 is 15.4 Å². The van der Waals surface area contributed by atoms with Crippen LogP contribution in [0.25, 0.3) is 0 Å². The van der Waals surface area contributed by atoms with Crippen molar-refractivity contribution in [2.45, 2.75) is 51.2 Å². The Hall–Kier alpha value is -1.62. The molecule has 2 rings (SSSR count). The van der Waals surface area contributed by atoms with E-state index in [4.69, 9.17) is 4.74 Å². The van der Waals surface area contributed by atoms with Gasteiger partial charge in [0.15, 0.2) is 0 Å². The summed E-state index contributed by atoms with van der Waals surface area (Å²) in [5, 5.41) is 6.12. The molecule has 116 valence electrons. The van der Waals surface area contributed by atoms with Crippen LogP contribution in [0.1, 0.15) is 50.0 Å². The van der Waals surface area contributed by atoms with Gasteiger partial charge in [0.1, 0.15) is 5.69 Å². The first kappa shape index (κ1) is 15.8. The minimum atomic E-state index is -0.111. The summed E-state index contributed by atoms with van der Waals surface area (Å²) in [6.45, 7) is 4.99. The number of anilines is 1. The van der Waals surface area contributed by atoms with Crippen LogP contribution in [0.2, 0.25) is 0 Å². The van der Waals surface area contributed by atoms with E-state index < -0.39 is 0 Å². The molecule has 1 saturated heterocycles. The Morgan fingerprint density at radius 1 is 1.48 bits per heavy atom. The first-order chi connectivity index (χ1) is 10.1. The Morgan fingerprint density at radius 3 is 2.90 bits per heavy atom. The van der Waals surface area contributed by atoms with Crippen LogP contribution in [0.5, 0.6) is 0 Å². The molecular formula is C16H25N3O2. The Labute approximate surface area is 126 Å². The molecule has 1 aromatic rings. The van der Waals surface area contributed by atoms with Gasteiger partial charge in [-0.2, -0.15) is 0 Å². The number of amides is 1. The Kier molecular flexibility index (Phi) is 5.17. The van der Waals surface area contributed by atoms with Gasteiger partial charge in [-0.1, -0.05) is 13.8 Å². The van der Waals surface area contributed by atoms with Gasteiger partial charge in [0.2, 0.25) is 0 Å². The molecule has 1 atom stereocenters. The first-order valence-electron chi connectivity index (χ1n) is 7.71. The molecule has 2 heterocycles. The molecule has 1 amide bonds. The van der Waals surface area contributed by atoms with Crippen LogP contribution in [0.3, 0.4) is 0 Å². The van der Waals surface area contributed by atoms with E-state index in [0.29, 0.717) is 12.3 Å². The molecule has 21 heavy (non-hydrogen) atoms. The molecule has 0 saturated carbocycles. The summed E-state index contributed by atoms with van der Waals surface area (Å²) in [6, 6.07) is 3.76. The normalized spacial score (nSPS) is 20.8. The van der Waals surface area contributed by atoms with Crippen molar-refractivity contribution in [3.8, 4) is 0 Å². The molecule has 0 aliphatic carbocycles. The summed E-state index contributed by atoms with van der Waals surface area (Å²) in [5.41, 5.74) is 1.25. The molecule has 1 unspecified atom stereocenters. The fourth-order valence-electron chi connectivity index (χ4n) is 2.86. The van der Waals surface area contributed by atoms with Crippen molar-refractivity contribution in [3.05, 3.63) is 24.0 Å². The summed E-state index contributed by atoms with van der Waals surface area (Å²) in [6.07, 6.45) is 5.33. The van der Waals surface area contributed by atoms with Gasteiger partial charge in [-0.3, -0.25) is 9.78 Å². The Bertz CT molecular complexity index is 486. The maximum atomic E-state index is 12.3. The highest BCUT2D eigenvalue weighted by Crippen LogP contribution is 2.31. The molecule has 1 aliphatic heterocycles. The van der Waals surface area contributed by atoms with Crippen molar-refractivity contribution in [1.82, 2.24) is 10.3 Å². The lowest BCUT2D eigenvalue weighted by atomic mass is 9.86. The third-order valence-electron chi connectivity index (χ3n) is 4.40. The molecule has 1 fully saturated rings. The number of nitrogens with one attached hydrogen (secondary N) is 2. The predicted molar refractivity (Wildman–Crippen MR) is 83.5 cm³/mol. The SMILES string of the molecule is CCC1(CC)CC(NC(=O)c2cc(NC)ccn2)CCO1. The van der Waals surface area contributed by atoms with Crippen molar-refractivity contribution in [3.63, 3.8) is 0 Å². The van der Waals surface area contributed by atoms with E-state index >= 15 is 0 Å². The van der Waals surface area contributed by atoms with Gasteiger partial charge in [0, 0.05) is 31.6 Å². The minimum absolute atomic E-state index is 0.0869. The number of hydrogen-bond acceptors (Lipinski definition) is 4. The summed E-state index contributed by atoms with van der Waals surface area (Å²) in [7, 11) is 1.83. The summed E-state index contributed by atoms with van der Waals surface area (Å²) < 4.78 is 5.94. The van der Waals surface area contributed by atoms with Crippen LogP contribution in [0.15, 0.2) is 18.3 Å². The number of rotatable bonds is 5. The zero-order chi connectivity index (χ0) is 15.3. The van der Waals surface area contributed by atoms with E-state index in [1.807, 2.05) is 13.1 Å². The number of hydrogen-bond donors (Lipinski definition) is 2. The second kappa shape index (κ2) is 6.89. The maximum absolute atomic E-state index is 12.3. The molecule has 0 aromatic carbocycles. The second-order valence-corrected chi connectivity index (χ2v) is 5.58. The smallest absolute Gasteiger partial charge is 0.270 e. The van der Waals surface area contributed by atoms with E-state index in [-0.39, 0.29) is 17.6 Å². The Morgan fingerprint density at radius 2 is 2.24 bits per heavy atom. The first-order valence-corrected chi connectivity index (χ1v) is 7.71. The number of carbonyl (C=O) groups excluding carboxylic acids is 1. The molecule has 2 N–H and O–H groups in total. The van der Waals surface area contributed by atoms with Crippen molar-refractivity contribution in [2.75, 3.05) is 19.0 Å². The van der Waals surface area contributed by atoms with Crippen molar-refractivity contribution in [2.24, 2.45) is 0 Å². The lowest BCUT2D eigenvalue weighted by molar-refractivity contribution is -0.0917. The highest BCUT2D eigenvalue weighted by Gasteiger charge is 2.35. The number of ether oxygens (including phenoxy) is 1. The molecule has 1 aliphatic rings. The van der Waals surface area contributed by atoms with E-state index in [2.05, 4.69) is 29.5 Å². The van der Waals surface area contributed by atoms with E-state index in [9.17, 15) is 4.79 Å². The third-order valence-corrected chi connectivity index (χ3v) is 4.40. The standard InChI is InChI=1S/C16H25N3O2/c1-4-16(5-2)11-13(7-9-21-16)19-15(20)14-10-12(17-3)6-8-18-14/h6,8,10,13H,4-5,7,9,11H2,1-3H3,(H,17,18)(H,19,20). The zero-order valence-corrected chi connectivity index (χ0v) is 13.1. The molecule has 1 aromatic heterocycles. The van der Waals surface area contributed by atoms with E-state index in [1.54, 1.807) is 12.3 Å². The number of carbonyl (C=O) groups is 1. The van der Waals surface area contributed by atoms with Crippen molar-refractivity contribution >= 4 is 11.6 Å². The largest absolute Gasteiger partial charge is 0.388 e. The Balaban J connectivity index is 2.01. The van der Waals surface area contributed by atoms with Gasteiger partial charge in [-0.15, -0.1) is 0 Å². The molecular weight excluding hydrogens is 266 g/mol. The number of nitrogens with zero attached hydrogens (tertiary/aromatic N) is 1. The van der Waals surface area contributed by atoms with Crippen LogP contribution in [-0.4, -0.2) is 36.2 Å². The molecule has 0 spiro atoms. The highest BCUT2D eigenvalue weighted by molar-refractivity contribution is 5.93. The van der Waals surface area contributed by atoms with Crippen LogP contribution < -0.4 is 10.6 Å². The van der Waals surface area contributed by atoms with Crippen LogP contribution >= 0.6 is 0 Å². The summed E-state index contributed by atoms with van der Waals surface area (Å²) >= 11 is 0.